The summed E-state index contributed by atoms with van der Waals surface area (Å²) in [7, 11) is 0. The van der Waals surface area contributed by atoms with Crippen LogP contribution >= 0.6 is 11.3 Å². The Balaban J connectivity index is 1.10. The van der Waals surface area contributed by atoms with Gasteiger partial charge < -0.3 is 10.2 Å². The lowest BCUT2D eigenvalue weighted by molar-refractivity contribution is 0.0986. The molecule has 0 fully saturated rings. The number of hydrogen-bond donors (Lipinski definition) is 1. The molecule has 6 nitrogen and oxygen atoms in total. The highest BCUT2D eigenvalue weighted by Gasteiger charge is 2.27. The molecule has 1 N–H and O–H groups in total. The zero-order valence-electron chi connectivity index (χ0n) is 23.8. The molecule has 4 aromatic carbocycles. The first-order valence-corrected chi connectivity index (χ1v) is 15.3. The number of aromatic nitrogens is 2. The van der Waals surface area contributed by atoms with Gasteiger partial charge in [-0.15, -0.1) is 11.3 Å². The molecular weight excluding hydrogens is 565 g/mol. The van der Waals surface area contributed by atoms with Crippen molar-refractivity contribution in [2.45, 2.75) is 12.8 Å². The summed E-state index contributed by atoms with van der Waals surface area (Å²) in [5.41, 5.74) is 7.34. The quantitative estimate of drug-likeness (QED) is 0.213. The second-order valence-corrected chi connectivity index (χ2v) is 11.7. The van der Waals surface area contributed by atoms with Crippen molar-refractivity contribution in [1.29, 1.82) is 0 Å². The van der Waals surface area contributed by atoms with E-state index in [0.717, 1.165) is 38.8 Å². The predicted molar refractivity (Wildman–Crippen MR) is 176 cm³/mol. The predicted octanol–water partition coefficient (Wildman–Crippen LogP) is 7.92. The van der Waals surface area contributed by atoms with Crippen molar-refractivity contribution in [2.24, 2.45) is 0 Å². The van der Waals surface area contributed by atoms with Gasteiger partial charge in [0.1, 0.15) is 0 Å². The summed E-state index contributed by atoms with van der Waals surface area (Å²) in [4.78, 5) is 39.6. The number of nitrogens with one attached hydrogen (secondary N) is 1. The van der Waals surface area contributed by atoms with Crippen LogP contribution in [0.2, 0.25) is 0 Å². The lowest BCUT2D eigenvalue weighted by Gasteiger charge is -2.23. The van der Waals surface area contributed by atoms with Gasteiger partial charge in [-0.2, -0.15) is 0 Å². The van der Waals surface area contributed by atoms with Crippen molar-refractivity contribution in [2.75, 3.05) is 16.8 Å². The number of thiazole rings is 1. The van der Waals surface area contributed by atoms with E-state index in [0.29, 0.717) is 36.2 Å². The number of hydrogen-bond acceptors (Lipinski definition) is 5. The SMILES string of the molecule is O=C(Nc1ccc(C(=O)N2CCc3sc(Cc4ccccn4)nc3-c3ccccc32)cc1)c1ccccc1-c1ccccc1. The Labute approximate surface area is 259 Å². The molecule has 1 aliphatic heterocycles. The van der Waals surface area contributed by atoms with Crippen molar-refractivity contribution in [3.63, 3.8) is 0 Å². The van der Waals surface area contributed by atoms with Crippen LogP contribution in [0.1, 0.15) is 36.3 Å². The van der Waals surface area contributed by atoms with Crippen LogP contribution in [-0.2, 0) is 12.8 Å². The Morgan fingerprint density at radius 2 is 1.50 bits per heavy atom. The normalized spacial score (nSPS) is 12.1. The molecule has 44 heavy (non-hydrogen) atoms. The van der Waals surface area contributed by atoms with Crippen molar-refractivity contribution >= 4 is 34.5 Å². The Morgan fingerprint density at radius 1 is 0.773 bits per heavy atom. The van der Waals surface area contributed by atoms with Gasteiger partial charge in [0.15, 0.2) is 0 Å². The summed E-state index contributed by atoms with van der Waals surface area (Å²) in [5, 5.41) is 4.02. The van der Waals surface area contributed by atoms with E-state index in [-0.39, 0.29) is 11.8 Å². The number of carbonyl (C=O) groups is 2. The molecule has 0 radical (unpaired) electrons. The standard InChI is InChI=1S/C37H28N4O2S/c42-36(30-14-5-4-13-29(30)25-10-2-1-3-11-25)39-27-19-17-26(18-20-27)37(43)41-23-21-33-35(31-15-6-7-16-32(31)41)40-34(44-33)24-28-12-8-9-22-38-28/h1-20,22H,21,23-24H2,(H,39,42). The zero-order valence-corrected chi connectivity index (χ0v) is 24.6. The number of nitrogens with zero attached hydrogens (tertiary/aromatic N) is 3. The third kappa shape index (κ3) is 5.53. The molecule has 0 unspecified atom stereocenters. The third-order valence-corrected chi connectivity index (χ3v) is 8.82. The molecule has 7 heteroatoms. The van der Waals surface area contributed by atoms with E-state index in [4.69, 9.17) is 4.98 Å². The molecule has 214 valence electrons. The lowest BCUT2D eigenvalue weighted by atomic mass is 9.99. The number of anilines is 2. The van der Waals surface area contributed by atoms with E-state index in [9.17, 15) is 9.59 Å². The second kappa shape index (κ2) is 12.1. The van der Waals surface area contributed by atoms with Crippen LogP contribution in [0, 0.1) is 0 Å². The summed E-state index contributed by atoms with van der Waals surface area (Å²) in [5.74, 6) is -0.292. The van der Waals surface area contributed by atoms with Crippen LogP contribution in [0.3, 0.4) is 0 Å². The molecule has 0 atom stereocenters. The average molecular weight is 593 g/mol. The van der Waals surface area contributed by atoms with Gasteiger partial charge in [-0.05, 0) is 59.7 Å². The summed E-state index contributed by atoms with van der Waals surface area (Å²) >= 11 is 1.69. The molecule has 2 amide bonds. The fourth-order valence-corrected chi connectivity index (χ4v) is 6.66. The van der Waals surface area contributed by atoms with E-state index < -0.39 is 0 Å². The average Bonchev–Trinajstić information content (AvgIpc) is 3.41. The largest absolute Gasteiger partial charge is 0.322 e. The van der Waals surface area contributed by atoms with Crippen molar-refractivity contribution in [3.8, 4) is 22.4 Å². The van der Waals surface area contributed by atoms with E-state index in [1.807, 2.05) is 102 Å². The van der Waals surface area contributed by atoms with E-state index in [1.165, 1.54) is 4.88 Å². The first-order chi connectivity index (χ1) is 21.6. The second-order valence-electron chi connectivity index (χ2n) is 10.5. The fourth-order valence-electron chi connectivity index (χ4n) is 5.57. The first-order valence-electron chi connectivity index (χ1n) is 14.5. The smallest absolute Gasteiger partial charge is 0.258 e. The maximum absolute atomic E-state index is 13.9. The summed E-state index contributed by atoms with van der Waals surface area (Å²) in [6, 6.07) is 38.4. The maximum Gasteiger partial charge on any atom is 0.258 e. The Hall–Kier alpha value is -5.40. The molecule has 0 spiro atoms. The van der Waals surface area contributed by atoms with E-state index >= 15 is 0 Å². The Bertz CT molecular complexity index is 1950. The van der Waals surface area contributed by atoms with E-state index in [1.54, 1.807) is 41.8 Å². The number of fused-ring (bicyclic) bond motifs is 3. The van der Waals surface area contributed by atoms with Crippen LogP contribution in [0.5, 0.6) is 0 Å². The number of rotatable bonds is 6. The monoisotopic (exact) mass is 592 g/mol. The van der Waals surface area contributed by atoms with E-state index in [2.05, 4.69) is 10.3 Å². The van der Waals surface area contributed by atoms with Gasteiger partial charge in [0.25, 0.3) is 11.8 Å². The number of pyridine rings is 1. The molecule has 6 aromatic rings. The van der Waals surface area contributed by atoms with Gasteiger partial charge >= 0.3 is 0 Å². The summed E-state index contributed by atoms with van der Waals surface area (Å²) in [6.45, 7) is 0.544. The van der Waals surface area contributed by atoms with Crippen molar-refractivity contribution in [3.05, 3.63) is 154 Å². The highest BCUT2D eigenvalue weighted by Crippen LogP contribution is 2.39. The molecule has 0 saturated carbocycles. The summed E-state index contributed by atoms with van der Waals surface area (Å²) in [6.07, 6.45) is 3.20. The fraction of sp³-hybridized carbons (Fsp3) is 0.0811. The molecular formula is C37H28N4O2S. The highest BCUT2D eigenvalue weighted by molar-refractivity contribution is 7.12. The minimum Gasteiger partial charge on any atom is -0.322 e. The molecule has 1 aliphatic rings. The van der Waals surface area contributed by atoms with Crippen LogP contribution in [-0.4, -0.2) is 28.3 Å². The first kappa shape index (κ1) is 27.4. The number of amides is 2. The lowest BCUT2D eigenvalue weighted by Crippen LogP contribution is -2.32. The van der Waals surface area contributed by atoms with Crippen LogP contribution in [0.4, 0.5) is 11.4 Å². The number of carbonyl (C=O) groups excluding carboxylic acids is 2. The number of benzene rings is 4. The molecule has 7 rings (SSSR count). The van der Waals surface area contributed by atoms with Gasteiger partial charge in [0.05, 0.1) is 16.4 Å². The number of para-hydroxylation sites is 1. The minimum atomic E-state index is -0.203. The van der Waals surface area contributed by atoms with Crippen LogP contribution in [0.25, 0.3) is 22.4 Å². The molecule has 0 bridgehead atoms. The van der Waals surface area contributed by atoms with Gasteiger partial charge in [0, 0.05) is 58.5 Å². The Morgan fingerprint density at radius 3 is 2.30 bits per heavy atom. The molecule has 0 aliphatic carbocycles. The van der Waals surface area contributed by atoms with Crippen molar-refractivity contribution in [1.82, 2.24) is 9.97 Å². The molecule has 0 saturated heterocycles. The van der Waals surface area contributed by atoms with Crippen molar-refractivity contribution < 1.29 is 9.59 Å². The zero-order chi connectivity index (χ0) is 29.9. The molecule has 3 heterocycles. The maximum atomic E-state index is 13.9. The van der Waals surface area contributed by atoms with Gasteiger partial charge in [-0.1, -0.05) is 72.8 Å². The van der Waals surface area contributed by atoms with Crippen LogP contribution < -0.4 is 10.2 Å². The third-order valence-electron chi connectivity index (χ3n) is 7.70. The highest BCUT2D eigenvalue weighted by atomic mass is 32.1. The molecule has 2 aromatic heterocycles. The summed E-state index contributed by atoms with van der Waals surface area (Å²) < 4.78 is 0. The Kier molecular flexibility index (Phi) is 7.53. The van der Waals surface area contributed by atoms with Gasteiger partial charge in [-0.25, -0.2) is 4.98 Å². The van der Waals surface area contributed by atoms with Gasteiger partial charge in [-0.3, -0.25) is 14.6 Å². The topological polar surface area (TPSA) is 75.2 Å². The van der Waals surface area contributed by atoms with Crippen LogP contribution in [0.15, 0.2) is 128 Å². The van der Waals surface area contributed by atoms with Gasteiger partial charge in [0.2, 0.25) is 0 Å². The minimum absolute atomic E-state index is 0.0892.